The van der Waals surface area contributed by atoms with Gasteiger partial charge in [-0.15, -0.1) is 0 Å². The Balaban J connectivity index is 1.96. The van der Waals surface area contributed by atoms with E-state index in [1.165, 1.54) is 38.4 Å². The highest BCUT2D eigenvalue weighted by Gasteiger charge is 2.34. The fourth-order valence-electron chi connectivity index (χ4n) is 2.85. The summed E-state index contributed by atoms with van der Waals surface area (Å²) in [5.74, 6) is -0.532. The Bertz CT molecular complexity index is 1140. The number of ether oxygens (including phenoxy) is 1. The molecule has 2 heterocycles. The van der Waals surface area contributed by atoms with E-state index in [4.69, 9.17) is 4.74 Å². The van der Waals surface area contributed by atoms with E-state index in [2.05, 4.69) is 15.4 Å². The molecule has 0 radical (unpaired) electrons. The molecule has 30 heavy (non-hydrogen) atoms. The first-order chi connectivity index (χ1) is 14.2. The van der Waals surface area contributed by atoms with Crippen LogP contribution in [0.3, 0.4) is 0 Å². The zero-order valence-electron chi connectivity index (χ0n) is 16.0. The number of alkyl halides is 3. The van der Waals surface area contributed by atoms with Gasteiger partial charge in [0.15, 0.2) is 5.69 Å². The van der Waals surface area contributed by atoms with Crippen LogP contribution in [0.2, 0.25) is 0 Å². The number of pyridine rings is 1. The predicted molar refractivity (Wildman–Crippen MR) is 102 cm³/mol. The lowest BCUT2D eigenvalue weighted by Crippen LogP contribution is -2.32. The van der Waals surface area contributed by atoms with Gasteiger partial charge in [-0.25, -0.2) is 9.67 Å². The summed E-state index contributed by atoms with van der Waals surface area (Å²) in [5.41, 5.74) is -1.74. The van der Waals surface area contributed by atoms with Crippen molar-refractivity contribution in [1.29, 1.82) is 0 Å². The average molecular weight is 418 g/mol. The van der Waals surface area contributed by atoms with Gasteiger partial charge in [-0.3, -0.25) is 9.59 Å². The van der Waals surface area contributed by atoms with Crippen LogP contribution in [-0.4, -0.2) is 27.8 Å². The molecule has 10 heteroatoms. The smallest absolute Gasteiger partial charge is 0.418 e. The molecule has 0 aliphatic heterocycles. The van der Waals surface area contributed by atoms with E-state index in [9.17, 15) is 22.8 Å². The van der Waals surface area contributed by atoms with Crippen LogP contribution < -0.4 is 15.5 Å². The number of para-hydroxylation sites is 1. The second-order valence-electron chi connectivity index (χ2n) is 6.28. The van der Waals surface area contributed by atoms with E-state index in [-0.39, 0.29) is 17.9 Å². The Labute approximate surface area is 169 Å². The second-order valence-corrected chi connectivity index (χ2v) is 6.28. The number of amides is 1. The Kier molecular flexibility index (Phi) is 5.86. The van der Waals surface area contributed by atoms with Gasteiger partial charge in [-0.2, -0.15) is 18.3 Å². The van der Waals surface area contributed by atoms with Crippen molar-refractivity contribution in [1.82, 2.24) is 20.1 Å². The van der Waals surface area contributed by atoms with E-state index in [1.807, 2.05) is 0 Å². The lowest BCUT2D eigenvalue weighted by atomic mass is 10.1. The van der Waals surface area contributed by atoms with Gasteiger partial charge >= 0.3 is 6.18 Å². The maximum Gasteiger partial charge on any atom is 0.418 e. The first kappa shape index (κ1) is 21.0. The van der Waals surface area contributed by atoms with Gasteiger partial charge in [0.1, 0.15) is 0 Å². The van der Waals surface area contributed by atoms with Crippen molar-refractivity contribution in [3.05, 3.63) is 81.4 Å². The predicted octanol–water partition coefficient (Wildman–Crippen LogP) is 2.89. The van der Waals surface area contributed by atoms with Gasteiger partial charge in [0, 0.05) is 30.1 Å². The zero-order valence-corrected chi connectivity index (χ0v) is 16.0. The lowest BCUT2D eigenvalue weighted by Gasteiger charge is -2.16. The molecule has 0 saturated heterocycles. The number of aryl methyl sites for hydroxylation is 1. The molecular weight excluding hydrogens is 401 g/mol. The Hall–Kier alpha value is -3.69. The van der Waals surface area contributed by atoms with Gasteiger partial charge in [-0.1, -0.05) is 18.2 Å². The number of nitrogens with zero attached hydrogens (tertiary/aromatic N) is 3. The average Bonchev–Trinajstić information content (AvgIpc) is 2.71. The molecule has 0 aliphatic rings. The highest BCUT2D eigenvalue weighted by molar-refractivity contribution is 5.92. The summed E-state index contributed by atoms with van der Waals surface area (Å²) >= 11 is 0. The summed E-state index contributed by atoms with van der Waals surface area (Å²) in [7, 11) is 1.42. The highest BCUT2D eigenvalue weighted by atomic mass is 19.4. The maximum atomic E-state index is 13.4. The van der Waals surface area contributed by atoms with Crippen LogP contribution in [-0.2, 0) is 12.7 Å². The summed E-state index contributed by atoms with van der Waals surface area (Å²) in [6.45, 7) is 1.42. The van der Waals surface area contributed by atoms with E-state index >= 15 is 0 Å². The molecule has 0 unspecified atom stereocenters. The Morgan fingerprint density at radius 2 is 1.93 bits per heavy atom. The number of carbonyl (C=O) groups excluding carboxylic acids is 1. The van der Waals surface area contributed by atoms with Gasteiger partial charge in [0.2, 0.25) is 11.3 Å². The lowest BCUT2D eigenvalue weighted by molar-refractivity contribution is -0.137. The molecule has 0 fully saturated rings. The molecule has 156 valence electrons. The summed E-state index contributed by atoms with van der Waals surface area (Å²) in [6, 6.07) is 9.18. The van der Waals surface area contributed by atoms with Crippen LogP contribution in [0.1, 0.15) is 27.3 Å². The van der Waals surface area contributed by atoms with Gasteiger partial charge in [0.25, 0.3) is 5.91 Å². The first-order valence-corrected chi connectivity index (χ1v) is 8.76. The minimum atomic E-state index is -4.63. The zero-order chi connectivity index (χ0) is 21.9. The quantitative estimate of drug-likeness (QED) is 0.689. The standard InChI is InChI=1S/C20H17F3N4O3/c1-12-10-16(28)17(18(29)25-11-13-6-5-9-24-19(13)30-2)26-27(12)15-8-4-3-7-14(15)20(21,22)23/h3-10H,11H2,1-2H3,(H,25,29). The number of halogens is 3. The number of aromatic nitrogens is 3. The number of carbonyl (C=O) groups is 1. The van der Waals surface area contributed by atoms with Crippen molar-refractivity contribution in [2.24, 2.45) is 0 Å². The number of benzene rings is 1. The number of hydrogen-bond donors (Lipinski definition) is 1. The maximum absolute atomic E-state index is 13.4. The Morgan fingerprint density at radius 3 is 2.63 bits per heavy atom. The Morgan fingerprint density at radius 1 is 1.20 bits per heavy atom. The summed E-state index contributed by atoms with van der Waals surface area (Å²) in [6.07, 6.45) is -3.12. The molecule has 0 atom stereocenters. The van der Waals surface area contributed by atoms with E-state index in [0.29, 0.717) is 11.4 Å². The van der Waals surface area contributed by atoms with Crippen LogP contribution in [0.4, 0.5) is 13.2 Å². The second kappa shape index (κ2) is 8.36. The molecule has 0 aliphatic carbocycles. The third-order valence-corrected chi connectivity index (χ3v) is 4.24. The van der Waals surface area contributed by atoms with Crippen molar-refractivity contribution in [3.8, 4) is 11.6 Å². The van der Waals surface area contributed by atoms with Crippen molar-refractivity contribution in [2.45, 2.75) is 19.6 Å². The van der Waals surface area contributed by atoms with Gasteiger partial charge in [0.05, 0.1) is 18.4 Å². The van der Waals surface area contributed by atoms with Crippen molar-refractivity contribution < 1.29 is 22.7 Å². The SMILES string of the molecule is COc1ncccc1CNC(=O)c1nn(-c2ccccc2C(F)(F)F)c(C)cc1=O. The van der Waals surface area contributed by atoms with Crippen LogP contribution in [0.25, 0.3) is 5.69 Å². The van der Waals surface area contributed by atoms with E-state index in [0.717, 1.165) is 16.8 Å². The van der Waals surface area contributed by atoms with Gasteiger partial charge < -0.3 is 10.1 Å². The van der Waals surface area contributed by atoms with Crippen molar-refractivity contribution >= 4 is 5.91 Å². The highest BCUT2D eigenvalue weighted by Crippen LogP contribution is 2.33. The third-order valence-electron chi connectivity index (χ3n) is 4.24. The fraction of sp³-hybridized carbons (Fsp3) is 0.200. The molecule has 0 saturated carbocycles. The number of methoxy groups -OCH3 is 1. The molecule has 1 aromatic carbocycles. The van der Waals surface area contributed by atoms with E-state index < -0.39 is 28.8 Å². The molecule has 0 spiro atoms. The summed E-state index contributed by atoms with van der Waals surface area (Å²) < 4.78 is 46.2. The number of rotatable bonds is 5. The molecule has 7 nitrogen and oxygen atoms in total. The summed E-state index contributed by atoms with van der Waals surface area (Å²) in [4.78, 5) is 28.8. The minimum Gasteiger partial charge on any atom is -0.481 e. The molecule has 0 bridgehead atoms. The fourth-order valence-corrected chi connectivity index (χ4v) is 2.85. The molecule has 2 aromatic heterocycles. The molecule has 1 amide bonds. The normalized spacial score (nSPS) is 11.2. The van der Waals surface area contributed by atoms with E-state index in [1.54, 1.807) is 12.1 Å². The van der Waals surface area contributed by atoms with Crippen LogP contribution >= 0.6 is 0 Å². The van der Waals surface area contributed by atoms with Crippen LogP contribution in [0, 0.1) is 6.92 Å². The topological polar surface area (TPSA) is 86.1 Å². The molecule has 1 N–H and O–H groups in total. The first-order valence-electron chi connectivity index (χ1n) is 8.76. The van der Waals surface area contributed by atoms with Crippen LogP contribution in [0.5, 0.6) is 5.88 Å². The monoisotopic (exact) mass is 418 g/mol. The molecule has 3 rings (SSSR count). The number of hydrogen-bond acceptors (Lipinski definition) is 5. The summed E-state index contributed by atoms with van der Waals surface area (Å²) in [5, 5.41) is 6.43. The third kappa shape index (κ3) is 4.32. The van der Waals surface area contributed by atoms with Crippen molar-refractivity contribution in [3.63, 3.8) is 0 Å². The van der Waals surface area contributed by atoms with Crippen LogP contribution in [0.15, 0.2) is 53.5 Å². The van der Waals surface area contributed by atoms with Gasteiger partial charge in [-0.05, 0) is 25.1 Å². The largest absolute Gasteiger partial charge is 0.481 e. The van der Waals surface area contributed by atoms with Crippen molar-refractivity contribution in [2.75, 3.05) is 7.11 Å². The molecule has 3 aromatic rings. The number of nitrogens with one attached hydrogen (secondary N) is 1. The minimum absolute atomic E-state index is 0.00994. The molecular formula is C20H17F3N4O3.